The highest BCUT2D eigenvalue weighted by molar-refractivity contribution is 5.99. The van der Waals surface area contributed by atoms with E-state index in [1.165, 1.54) is 16.7 Å². The van der Waals surface area contributed by atoms with Crippen LogP contribution in [0.4, 0.5) is 20.7 Å². The van der Waals surface area contributed by atoms with Crippen molar-refractivity contribution in [3.05, 3.63) is 88.9 Å². The van der Waals surface area contributed by atoms with E-state index in [1.807, 2.05) is 20.8 Å². The van der Waals surface area contributed by atoms with Crippen molar-refractivity contribution in [1.82, 2.24) is 24.3 Å². The maximum Gasteiger partial charge on any atom is 0.327 e. The minimum absolute atomic E-state index is 0.273. The molecule has 0 unspecified atom stereocenters. The number of hydrogen-bond acceptors (Lipinski definition) is 5. The van der Waals surface area contributed by atoms with Crippen LogP contribution in [-0.4, -0.2) is 30.3 Å². The standard InChI is InChI=1S/C27H26FN7O3/c1-27(2,3)21-15-22(35(33-21)18-10-8-16(28)9-11-18)31-25(36)30-17-6-5-7-19(14-17)38-20-12-13-29-24-23(20)34(4)26(37)32-24/h5-15H,1-4H3,(H,29,32,37)(H2,30,31,36). The molecule has 0 radical (unpaired) electrons. The lowest BCUT2D eigenvalue weighted by atomic mass is 9.92. The molecule has 0 saturated carbocycles. The number of carbonyl (C=O) groups is 1. The number of benzene rings is 2. The first-order valence-electron chi connectivity index (χ1n) is 11.8. The molecule has 38 heavy (non-hydrogen) atoms. The molecule has 194 valence electrons. The summed E-state index contributed by atoms with van der Waals surface area (Å²) in [5.74, 6) is 0.960. The van der Waals surface area contributed by atoms with E-state index in [0.717, 1.165) is 5.69 Å². The fourth-order valence-electron chi connectivity index (χ4n) is 3.88. The van der Waals surface area contributed by atoms with Gasteiger partial charge in [-0.15, -0.1) is 0 Å². The first kappa shape index (κ1) is 24.8. The lowest BCUT2D eigenvalue weighted by Gasteiger charge is -2.14. The van der Waals surface area contributed by atoms with Gasteiger partial charge >= 0.3 is 11.7 Å². The first-order chi connectivity index (χ1) is 18.1. The van der Waals surface area contributed by atoms with Crippen LogP contribution >= 0.6 is 0 Å². The molecule has 0 atom stereocenters. The number of aryl methyl sites for hydroxylation is 1. The zero-order chi connectivity index (χ0) is 27.0. The third-order valence-electron chi connectivity index (χ3n) is 5.86. The second-order valence-electron chi connectivity index (χ2n) is 9.76. The number of ether oxygens (including phenoxy) is 1. The van der Waals surface area contributed by atoms with Crippen molar-refractivity contribution in [2.45, 2.75) is 26.2 Å². The van der Waals surface area contributed by atoms with Gasteiger partial charge in [-0.25, -0.2) is 23.6 Å². The summed E-state index contributed by atoms with van der Waals surface area (Å²) in [5, 5.41) is 10.3. The number of rotatable bonds is 5. The molecule has 0 saturated heterocycles. The molecular weight excluding hydrogens is 489 g/mol. The molecule has 0 aliphatic heterocycles. The van der Waals surface area contributed by atoms with Gasteiger partial charge in [-0.3, -0.25) is 14.9 Å². The van der Waals surface area contributed by atoms with Crippen molar-refractivity contribution >= 4 is 28.7 Å². The van der Waals surface area contributed by atoms with Gasteiger partial charge in [-0.2, -0.15) is 5.10 Å². The van der Waals surface area contributed by atoms with Gasteiger partial charge in [-0.1, -0.05) is 26.8 Å². The molecule has 2 aromatic carbocycles. The summed E-state index contributed by atoms with van der Waals surface area (Å²) < 4.78 is 22.5. The number of urea groups is 1. The quantitative estimate of drug-likeness (QED) is 0.293. The van der Waals surface area contributed by atoms with Gasteiger partial charge in [0.05, 0.1) is 11.4 Å². The Morgan fingerprint density at radius 1 is 1.05 bits per heavy atom. The molecule has 10 nitrogen and oxygen atoms in total. The Morgan fingerprint density at radius 3 is 2.55 bits per heavy atom. The molecule has 0 aliphatic rings. The van der Waals surface area contributed by atoms with Crippen LogP contribution in [0, 0.1) is 5.82 Å². The number of imidazole rings is 1. The average molecular weight is 516 g/mol. The van der Waals surface area contributed by atoms with Gasteiger partial charge in [0.25, 0.3) is 0 Å². The highest BCUT2D eigenvalue weighted by Crippen LogP contribution is 2.29. The summed E-state index contributed by atoms with van der Waals surface area (Å²) in [6.07, 6.45) is 1.54. The smallest absolute Gasteiger partial charge is 0.327 e. The number of hydrogen-bond donors (Lipinski definition) is 3. The SMILES string of the molecule is Cn1c(=O)[nH]c2nccc(Oc3cccc(NC(=O)Nc4cc(C(C)(C)C)nn4-c4ccc(F)cc4)c3)c21. The number of pyridine rings is 1. The van der Waals surface area contributed by atoms with Gasteiger partial charge in [0, 0.05) is 42.5 Å². The van der Waals surface area contributed by atoms with Crippen LogP contribution in [0.2, 0.25) is 0 Å². The number of nitrogens with zero attached hydrogens (tertiary/aromatic N) is 4. The number of aromatic nitrogens is 5. The predicted octanol–water partition coefficient (Wildman–Crippen LogP) is 5.32. The Morgan fingerprint density at radius 2 is 1.82 bits per heavy atom. The van der Waals surface area contributed by atoms with E-state index in [0.29, 0.717) is 39.9 Å². The molecule has 5 aromatic rings. The lowest BCUT2D eigenvalue weighted by Crippen LogP contribution is -2.21. The summed E-state index contributed by atoms with van der Waals surface area (Å²) in [6, 6.07) is 15.7. The summed E-state index contributed by atoms with van der Waals surface area (Å²) in [6.45, 7) is 6.05. The summed E-state index contributed by atoms with van der Waals surface area (Å²) in [5.41, 5.74) is 2.21. The first-order valence-corrected chi connectivity index (χ1v) is 11.8. The van der Waals surface area contributed by atoms with Crippen LogP contribution in [0.15, 0.2) is 71.7 Å². The fraction of sp³-hybridized carbons (Fsp3) is 0.185. The minimum atomic E-state index is -0.495. The Bertz CT molecular complexity index is 1690. The van der Waals surface area contributed by atoms with E-state index >= 15 is 0 Å². The molecule has 0 fully saturated rings. The number of halogens is 1. The molecule has 11 heteroatoms. The van der Waals surface area contributed by atoms with E-state index in [2.05, 4.69) is 25.7 Å². The summed E-state index contributed by atoms with van der Waals surface area (Å²) >= 11 is 0. The van der Waals surface area contributed by atoms with Crippen LogP contribution in [0.5, 0.6) is 11.5 Å². The zero-order valence-electron chi connectivity index (χ0n) is 21.2. The zero-order valence-corrected chi connectivity index (χ0v) is 21.2. The highest BCUT2D eigenvalue weighted by Gasteiger charge is 2.22. The van der Waals surface area contributed by atoms with Crippen molar-refractivity contribution < 1.29 is 13.9 Å². The van der Waals surface area contributed by atoms with E-state index < -0.39 is 6.03 Å². The van der Waals surface area contributed by atoms with Crippen LogP contribution in [0.3, 0.4) is 0 Å². The van der Waals surface area contributed by atoms with Crippen molar-refractivity contribution in [3.63, 3.8) is 0 Å². The number of H-pyrrole nitrogens is 1. The molecule has 0 spiro atoms. The van der Waals surface area contributed by atoms with Gasteiger partial charge in [0.2, 0.25) is 0 Å². The maximum atomic E-state index is 13.5. The van der Waals surface area contributed by atoms with E-state index in [9.17, 15) is 14.0 Å². The normalized spacial score (nSPS) is 11.5. The number of aromatic amines is 1. The topological polar surface area (TPSA) is 119 Å². The van der Waals surface area contributed by atoms with Gasteiger partial charge in [0.15, 0.2) is 11.4 Å². The minimum Gasteiger partial charge on any atom is -0.455 e. The van der Waals surface area contributed by atoms with E-state index in [-0.39, 0.29) is 16.9 Å². The molecule has 2 amide bonds. The van der Waals surface area contributed by atoms with Crippen LogP contribution in [0.1, 0.15) is 26.5 Å². The monoisotopic (exact) mass is 515 g/mol. The highest BCUT2D eigenvalue weighted by atomic mass is 19.1. The third kappa shape index (κ3) is 4.99. The van der Waals surface area contributed by atoms with Crippen molar-refractivity contribution in [3.8, 4) is 17.2 Å². The van der Waals surface area contributed by atoms with Crippen LogP contribution < -0.4 is 21.1 Å². The van der Waals surface area contributed by atoms with Crippen molar-refractivity contribution in [2.75, 3.05) is 10.6 Å². The Labute approximate surface area is 217 Å². The van der Waals surface area contributed by atoms with Gasteiger partial charge < -0.3 is 10.1 Å². The number of nitrogens with one attached hydrogen (secondary N) is 3. The number of anilines is 2. The lowest BCUT2D eigenvalue weighted by molar-refractivity contribution is 0.262. The molecular formula is C27H26FN7O3. The van der Waals surface area contributed by atoms with Crippen molar-refractivity contribution in [2.24, 2.45) is 7.05 Å². The summed E-state index contributed by atoms with van der Waals surface area (Å²) in [4.78, 5) is 31.8. The third-order valence-corrected chi connectivity index (χ3v) is 5.86. The Kier molecular flexibility index (Phi) is 6.19. The molecule has 3 aromatic heterocycles. The Balaban J connectivity index is 1.37. The fourth-order valence-corrected chi connectivity index (χ4v) is 3.88. The maximum absolute atomic E-state index is 13.5. The number of fused-ring (bicyclic) bond motifs is 1. The van der Waals surface area contributed by atoms with Crippen LogP contribution in [0.25, 0.3) is 16.9 Å². The van der Waals surface area contributed by atoms with Gasteiger partial charge in [0.1, 0.15) is 22.9 Å². The van der Waals surface area contributed by atoms with Gasteiger partial charge in [-0.05, 0) is 36.4 Å². The van der Waals surface area contributed by atoms with Crippen LogP contribution in [-0.2, 0) is 12.5 Å². The predicted molar refractivity (Wildman–Crippen MR) is 143 cm³/mol. The molecule has 0 bridgehead atoms. The molecule has 3 heterocycles. The molecule has 5 rings (SSSR count). The average Bonchev–Trinajstić information content (AvgIpc) is 3.41. The molecule has 0 aliphatic carbocycles. The second-order valence-corrected chi connectivity index (χ2v) is 9.76. The van der Waals surface area contributed by atoms with E-state index in [4.69, 9.17) is 4.74 Å². The number of carbonyl (C=O) groups excluding carboxylic acids is 1. The molecule has 3 N–H and O–H groups in total. The Hall–Kier alpha value is -4.93. The summed E-state index contributed by atoms with van der Waals surface area (Å²) in [7, 11) is 1.62. The van der Waals surface area contributed by atoms with Crippen molar-refractivity contribution in [1.29, 1.82) is 0 Å². The largest absolute Gasteiger partial charge is 0.455 e. The van der Waals surface area contributed by atoms with E-state index in [1.54, 1.807) is 66.5 Å². The second kappa shape index (κ2) is 9.51. The number of amides is 2.